The minimum Gasteiger partial charge on any atom is -0.480 e. The van der Waals surface area contributed by atoms with Crippen LogP contribution >= 0.6 is 22.9 Å². The molecule has 0 atom stereocenters. The van der Waals surface area contributed by atoms with E-state index in [4.69, 9.17) is 21.4 Å². The highest BCUT2D eigenvalue weighted by atomic mass is 35.5. The molecule has 0 aliphatic heterocycles. The molecule has 1 aromatic heterocycles. The van der Waals surface area contributed by atoms with Crippen molar-refractivity contribution < 1.29 is 27.9 Å². The lowest BCUT2D eigenvalue weighted by atomic mass is 9.94. The third-order valence-corrected chi connectivity index (χ3v) is 8.72. The number of nitrogens with one attached hydrogen (secondary N) is 1. The first-order valence-electron chi connectivity index (χ1n) is 10.6. The van der Waals surface area contributed by atoms with E-state index in [2.05, 4.69) is 10.3 Å². The number of carbonyl (C=O) groups excluding carboxylic acids is 1. The molecule has 12 heteroatoms. The van der Waals surface area contributed by atoms with E-state index in [0.717, 1.165) is 55.2 Å². The van der Waals surface area contributed by atoms with Gasteiger partial charge in [0.2, 0.25) is 0 Å². The summed E-state index contributed by atoms with van der Waals surface area (Å²) in [6.45, 7) is 0.999. The number of rotatable bonds is 10. The van der Waals surface area contributed by atoms with E-state index in [1.807, 2.05) is 18.2 Å². The minimum absolute atomic E-state index is 0.0536. The van der Waals surface area contributed by atoms with Crippen LogP contribution in [0.15, 0.2) is 34.7 Å². The predicted molar refractivity (Wildman–Crippen MR) is 126 cm³/mol. The molecule has 2 amide bonds. The van der Waals surface area contributed by atoms with Crippen molar-refractivity contribution in [3.05, 3.63) is 41.0 Å². The molecule has 1 saturated carbocycles. The molecular formula is C21H26ClN3O6S2. The first-order chi connectivity index (χ1) is 15.8. The van der Waals surface area contributed by atoms with Crippen molar-refractivity contribution >= 4 is 49.9 Å². The van der Waals surface area contributed by atoms with Crippen molar-refractivity contribution in [1.29, 1.82) is 0 Å². The quantitative estimate of drug-likeness (QED) is 0.457. The average molecular weight is 516 g/mol. The molecule has 2 N–H and O–H groups in total. The van der Waals surface area contributed by atoms with Gasteiger partial charge in [-0.1, -0.05) is 60.4 Å². The molecule has 3 rings (SSSR count). The maximum Gasteiger partial charge on any atom is 0.323 e. The monoisotopic (exact) mass is 515 g/mol. The van der Waals surface area contributed by atoms with Gasteiger partial charge in [-0.25, -0.2) is 18.2 Å². The summed E-state index contributed by atoms with van der Waals surface area (Å²) in [4.78, 5) is 29.5. The number of hydrogen-bond donors (Lipinski definition) is 2. The zero-order valence-corrected chi connectivity index (χ0v) is 20.3. The highest BCUT2D eigenvalue weighted by molar-refractivity contribution is 7.94. The van der Waals surface area contributed by atoms with E-state index in [1.54, 1.807) is 11.0 Å². The van der Waals surface area contributed by atoms with Gasteiger partial charge in [0.05, 0.1) is 19.4 Å². The van der Waals surface area contributed by atoms with Crippen LogP contribution in [0, 0.1) is 0 Å². The zero-order valence-electron chi connectivity index (χ0n) is 17.9. The molecule has 33 heavy (non-hydrogen) atoms. The Hall–Kier alpha value is -2.21. The van der Waals surface area contributed by atoms with Crippen LogP contribution in [0.2, 0.25) is 5.02 Å². The number of carboxylic acid groups (broad SMARTS) is 1. The third-order valence-electron chi connectivity index (χ3n) is 5.29. The summed E-state index contributed by atoms with van der Waals surface area (Å²) in [6, 6.07) is 7.06. The molecule has 1 aliphatic carbocycles. The Morgan fingerprint density at radius 1 is 1.24 bits per heavy atom. The third kappa shape index (κ3) is 7.39. The van der Waals surface area contributed by atoms with Crippen LogP contribution in [0.4, 0.5) is 9.93 Å². The van der Waals surface area contributed by atoms with E-state index in [0.29, 0.717) is 24.8 Å². The fraction of sp³-hybridized carbons (Fsp3) is 0.476. The normalized spacial score (nSPS) is 14.7. The fourth-order valence-electron chi connectivity index (χ4n) is 3.66. The van der Waals surface area contributed by atoms with E-state index in [1.165, 1.54) is 0 Å². The standard InChI is InChI=1S/C21H26ClN3O6S2/c22-17-9-5-4-6-15(17)13-31-11-10-25(16-7-2-1-3-8-16)21(28)24-20-23-12-19(32-20)33(29,30)14-18(26)27/h4-6,9,12,16H,1-3,7-8,10-11,13-14H2,(H,26,27)(H,23,24,28). The topological polar surface area (TPSA) is 126 Å². The lowest BCUT2D eigenvalue weighted by molar-refractivity contribution is -0.134. The number of thiazole rings is 1. The maximum atomic E-state index is 13.0. The Morgan fingerprint density at radius 2 is 1.97 bits per heavy atom. The van der Waals surface area contributed by atoms with Crippen molar-refractivity contribution in [1.82, 2.24) is 9.88 Å². The Bertz CT molecular complexity index is 1070. The summed E-state index contributed by atoms with van der Waals surface area (Å²) in [5.74, 6) is -2.48. The number of carbonyl (C=O) groups is 2. The molecule has 0 radical (unpaired) electrons. The van der Waals surface area contributed by atoms with Gasteiger partial charge in [0, 0.05) is 17.6 Å². The summed E-state index contributed by atoms with van der Waals surface area (Å²) in [7, 11) is -4.00. The van der Waals surface area contributed by atoms with Crippen molar-refractivity contribution in [2.75, 3.05) is 24.2 Å². The number of urea groups is 1. The Labute approximate surface area is 201 Å². The molecule has 1 fully saturated rings. The molecule has 0 saturated heterocycles. The lowest BCUT2D eigenvalue weighted by Gasteiger charge is -2.34. The van der Waals surface area contributed by atoms with Gasteiger partial charge in [0.15, 0.2) is 20.7 Å². The van der Waals surface area contributed by atoms with Crippen LogP contribution in [0.5, 0.6) is 0 Å². The predicted octanol–water partition coefficient (Wildman–Crippen LogP) is 4.04. The number of ether oxygens (including phenoxy) is 1. The lowest BCUT2D eigenvalue weighted by Crippen LogP contribution is -2.45. The number of anilines is 1. The maximum absolute atomic E-state index is 13.0. The van der Waals surface area contributed by atoms with Crippen molar-refractivity contribution in [3.63, 3.8) is 0 Å². The molecule has 1 aliphatic rings. The van der Waals surface area contributed by atoms with E-state index in [-0.39, 0.29) is 21.4 Å². The van der Waals surface area contributed by atoms with Gasteiger partial charge >= 0.3 is 12.0 Å². The van der Waals surface area contributed by atoms with Crippen LogP contribution in [0.1, 0.15) is 37.7 Å². The number of aromatic nitrogens is 1. The fourth-order valence-corrected chi connectivity index (χ4v) is 5.99. The first kappa shape index (κ1) is 25.4. The van der Waals surface area contributed by atoms with Crippen molar-refractivity contribution in [2.45, 2.75) is 49.0 Å². The molecule has 180 valence electrons. The number of hydrogen-bond acceptors (Lipinski definition) is 7. The van der Waals surface area contributed by atoms with Crippen molar-refractivity contribution in [2.24, 2.45) is 0 Å². The Kier molecular flexibility index (Phi) is 9.07. The average Bonchev–Trinajstić information content (AvgIpc) is 3.24. The molecule has 2 aromatic rings. The van der Waals surface area contributed by atoms with Gasteiger partial charge in [-0.15, -0.1) is 0 Å². The van der Waals surface area contributed by atoms with E-state index >= 15 is 0 Å². The SMILES string of the molecule is O=C(O)CS(=O)(=O)c1cnc(NC(=O)N(CCOCc2ccccc2Cl)C2CCCCC2)s1. The van der Waals surface area contributed by atoms with Crippen LogP contribution < -0.4 is 5.32 Å². The summed E-state index contributed by atoms with van der Waals surface area (Å²) in [6.07, 6.45) is 6.03. The first-order valence-corrected chi connectivity index (χ1v) is 13.4. The van der Waals surface area contributed by atoms with Crippen LogP contribution in [-0.4, -0.2) is 60.4 Å². The van der Waals surface area contributed by atoms with Gasteiger partial charge in [-0.05, 0) is 24.5 Å². The molecular weight excluding hydrogens is 490 g/mol. The number of amides is 2. The van der Waals surface area contributed by atoms with Gasteiger partial charge in [-0.2, -0.15) is 0 Å². The molecule has 9 nitrogen and oxygen atoms in total. The van der Waals surface area contributed by atoms with Crippen molar-refractivity contribution in [3.8, 4) is 0 Å². The van der Waals surface area contributed by atoms with Crippen LogP contribution in [0.3, 0.4) is 0 Å². The highest BCUT2D eigenvalue weighted by Gasteiger charge is 2.27. The zero-order chi connectivity index (χ0) is 23.8. The molecule has 0 bridgehead atoms. The number of benzene rings is 1. The second-order valence-corrected chi connectivity index (χ2v) is 11.4. The van der Waals surface area contributed by atoms with Gasteiger partial charge in [0.1, 0.15) is 4.21 Å². The Balaban J connectivity index is 1.62. The van der Waals surface area contributed by atoms with Gasteiger partial charge in [-0.3, -0.25) is 10.1 Å². The molecule has 1 heterocycles. The van der Waals surface area contributed by atoms with Gasteiger partial charge in [0.25, 0.3) is 0 Å². The molecule has 0 unspecified atom stereocenters. The number of aliphatic carboxylic acids is 1. The van der Waals surface area contributed by atoms with E-state index < -0.39 is 21.6 Å². The van der Waals surface area contributed by atoms with Gasteiger partial charge < -0.3 is 14.7 Å². The number of halogens is 1. The number of sulfone groups is 1. The number of carboxylic acids is 1. The summed E-state index contributed by atoms with van der Waals surface area (Å²) >= 11 is 6.89. The van der Waals surface area contributed by atoms with Crippen LogP contribution in [0.25, 0.3) is 0 Å². The van der Waals surface area contributed by atoms with Crippen LogP contribution in [-0.2, 0) is 26.0 Å². The smallest absolute Gasteiger partial charge is 0.323 e. The molecule has 0 spiro atoms. The summed E-state index contributed by atoms with van der Waals surface area (Å²) in [5, 5.41) is 12.2. The summed E-state index contributed by atoms with van der Waals surface area (Å²) < 4.78 is 29.7. The second kappa shape index (κ2) is 11.8. The second-order valence-electron chi connectivity index (χ2n) is 7.70. The number of nitrogens with zero attached hydrogens (tertiary/aromatic N) is 2. The largest absolute Gasteiger partial charge is 0.480 e. The Morgan fingerprint density at radius 3 is 2.67 bits per heavy atom. The summed E-state index contributed by atoms with van der Waals surface area (Å²) in [5.41, 5.74) is 0.866. The molecule has 1 aromatic carbocycles. The highest BCUT2D eigenvalue weighted by Crippen LogP contribution is 2.26. The van der Waals surface area contributed by atoms with E-state index in [9.17, 15) is 18.0 Å². The minimum atomic E-state index is -4.00.